The van der Waals surface area contributed by atoms with Crippen molar-refractivity contribution in [3.05, 3.63) is 29.3 Å². The molecule has 0 heterocycles. The quantitative estimate of drug-likeness (QED) is 0.730. The van der Waals surface area contributed by atoms with Crippen LogP contribution in [0, 0.1) is 6.92 Å². The highest BCUT2D eigenvalue weighted by Crippen LogP contribution is 2.19. The van der Waals surface area contributed by atoms with E-state index in [0.29, 0.717) is 0 Å². The summed E-state index contributed by atoms with van der Waals surface area (Å²) >= 11 is 4.84. The van der Waals surface area contributed by atoms with Gasteiger partial charge in [-0.05, 0) is 24.6 Å². The SMILES string of the molecule is Cc1ccc(C(=O)OCl)c(O)c1. The fourth-order valence-corrected chi connectivity index (χ4v) is 0.939. The van der Waals surface area contributed by atoms with Crippen molar-refractivity contribution < 1.29 is 14.2 Å². The molecule has 0 radical (unpaired) electrons. The van der Waals surface area contributed by atoms with Crippen LogP contribution in [0.1, 0.15) is 15.9 Å². The highest BCUT2D eigenvalue weighted by atomic mass is 35.5. The second-order valence-electron chi connectivity index (χ2n) is 2.39. The van der Waals surface area contributed by atoms with Gasteiger partial charge < -0.3 is 9.40 Å². The molecule has 1 aromatic rings. The van der Waals surface area contributed by atoms with Crippen molar-refractivity contribution in [2.75, 3.05) is 0 Å². The molecule has 12 heavy (non-hydrogen) atoms. The lowest BCUT2D eigenvalue weighted by Gasteiger charge is -2.00. The number of hydrogen-bond donors (Lipinski definition) is 1. The topological polar surface area (TPSA) is 46.5 Å². The van der Waals surface area contributed by atoms with E-state index in [1.807, 2.05) is 0 Å². The summed E-state index contributed by atoms with van der Waals surface area (Å²) in [6.45, 7) is 1.80. The maximum atomic E-state index is 10.8. The third-order valence-corrected chi connectivity index (χ3v) is 1.58. The third-order valence-electron chi connectivity index (χ3n) is 1.44. The molecular weight excluding hydrogens is 180 g/mol. The molecule has 1 rings (SSSR count). The van der Waals surface area contributed by atoms with Gasteiger partial charge in [0, 0.05) is 0 Å². The van der Waals surface area contributed by atoms with Gasteiger partial charge in [0.05, 0.1) is 0 Å². The minimum atomic E-state index is -0.755. The first kappa shape index (κ1) is 8.87. The molecule has 0 amide bonds. The zero-order valence-electron chi connectivity index (χ0n) is 6.37. The molecule has 0 aliphatic carbocycles. The number of hydrogen-bond acceptors (Lipinski definition) is 3. The Hall–Kier alpha value is -1.22. The second kappa shape index (κ2) is 3.45. The predicted octanol–water partition coefficient (Wildman–Crippen LogP) is 2.01. The van der Waals surface area contributed by atoms with Crippen molar-refractivity contribution in [2.45, 2.75) is 6.92 Å². The number of aromatic hydroxyl groups is 1. The van der Waals surface area contributed by atoms with Gasteiger partial charge in [-0.1, -0.05) is 6.07 Å². The predicted molar refractivity (Wildman–Crippen MR) is 44.1 cm³/mol. The Morgan fingerprint density at radius 2 is 2.25 bits per heavy atom. The van der Waals surface area contributed by atoms with Gasteiger partial charge in [-0.3, -0.25) is 0 Å². The lowest BCUT2D eigenvalue weighted by atomic mass is 10.1. The van der Waals surface area contributed by atoms with Crippen LogP contribution in [-0.4, -0.2) is 11.1 Å². The first-order valence-electron chi connectivity index (χ1n) is 3.27. The first-order chi connectivity index (χ1) is 5.65. The Morgan fingerprint density at radius 1 is 1.58 bits per heavy atom. The van der Waals surface area contributed by atoms with E-state index < -0.39 is 5.97 Å². The molecule has 0 atom stereocenters. The van der Waals surface area contributed by atoms with E-state index >= 15 is 0 Å². The molecule has 0 spiro atoms. The molecule has 64 valence electrons. The lowest BCUT2D eigenvalue weighted by Crippen LogP contribution is -1.98. The van der Waals surface area contributed by atoms with Gasteiger partial charge in [-0.2, -0.15) is 0 Å². The summed E-state index contributed by atoms with van der Waals surface area (Å²) in [6, 6.07) is 4.60. The van der Waals surface area contributed by atoms with Crippen LogP contribution in [0.4, 0.5) is 0 Å². The van der Waals surface area contributed by atoms with E-state index in [1.54, 1.807) is 13.0 Å². The maximum absolute atomic E-state index is 10.8. The van der Waals surface area contributed by atoms with Crippen LogP contribution < -0.4 is 0 Å². The summed E-state index contributed by atoms with van der Waals surface area (Å²) in [5.74, 6) is -0.880. The van der Waals surface area contributed by atoms with Gasteiger partial charge in [0.2, 0.25) is 0 Å². The molecule has 4 heteroatoms. The normalized spacial score (nSPS) is 9.50. The van der Waals surface area contributed by atoms with Crippen LogP contribution in [0.3, 0.4) is 0 Å². The van der Waals surface area contributed by atoms with Gasteiger partial charge in [-0.25, -0.2) is 4.79 Å². The van der Waals surface area contributed by atoms with Gasteiger partial charge in [0.15, 0.2) is 0 Å². The Morgan fingerprint density at radius 3 is 2.75 bits per heavy atom. The van der Waals surface area contributed by atoms with Crippen LogP contribution in [0.5, 0.6) is 5.75 Å². The van der Waals surface area contributed by atoms with Crippen LogP contribution in [-0.2, 0) is 4.29 Å². The van der Waals surface area contributed by atoms with Crippen molar-refractivity contribution in [2.24, 2.45) is 0 Å². The lowest BCUT2D eigenvalue weighted by molar-refractivity contribution is 0.0748. The van der Waals surface area contributed by atoms with Gasteiger partial charge in [-0.15, -0.1) is 0 Å². The summed E-state index contributed by atoms with van der Waals surface area (Å²) < 4.78 is 3.93. The molecule has 0 bridgehead atoms. The molecule has 0 aliphatic heterocycles. The minimum Gasteiger partial charge on any atom is -0.507 e. The number of benzene rings is 1. The summed E-state index contributed by atoms with van der Waals surface area (Å²) in [5.41, 5.74) is 0.925. The average molecular weight is 187 g/mol. The van der Waals surface area contributed by atoms with E-state index in [2.05, 4.69) is 4.29 Å². The number of phenolic OH excluding ortho intramolecular Hbond substituents is 1. The molecule has 3 nitrogen and oxygen atoms in total. The summed E-state index contributed by atoms with van der Waals surface area (Å²) in [6.07, 6.45) is 0. The highest BCUT2D eigenvalue weighted by molar-refractivity contribution is 6.16. The third kappa shape index (κ3) is 1.68. The van der Waals surface area contributed by atoms with E-state index in [9.17, 15) is 9.90 Å². The fraction of sp³-hybridized carbons (Fsp3) is 0.125. The molecule has 0 fully saturated rings. The molecule has 1 N–H and O–H groups in total. The number of aryl methyl sites for hydroxylation is 1. The van der Waals surface area contributed by atoms with Gasteiger partial charge in [0.25, 0.3) is 0 Å². The fourth-order valence-electron chi connectivity index (χ4n) is 0.856. The molecule has 0 unspecified atom stereocenters. The van der Waals surface area contributed by atoms with Crippen molar-refractivity contribution in [3.8, 4) is 5.75 Å². The summed E-state index contributed by atoms with van der Waals surface area (Å²) in [5, 5.41) is 9.23. The number of phenols is 1. The van der Waals surface area contributed by atoms with Crippen molar-refractivity contribution >= 4 is 17.8 Å². The molecule has 0 aliphatic rings. The van der Waals surface area contributed by atoms with Crippen molar-refractivity contribution in [1.82, 2.24) is 0 Å². The standard InChI is InChI=1S/C8H7ClO3/c1-5-2-3-6(7(10)4-5)8(11)12-9/h2-4,10H,1H3. The Kier molecular flexibility index (Phi) is 2.55. The largest absolute Gasteiger partial charge is 0.507 e. The van der Waals surface area contributed by atoms with Crippen LogP contribution in [0.25, 0.3) is 0 Å². The van der Waals surface area contributed by atoms with Crippen LogP contribution in [0.15, 0.2) is 18.2 Å². The zero-order valence-corrected chi connectivity index (χ0v) is 7.13. The van der Waals surface area contributed by atoms with E-state index in [-0.39, 0.29) is 11.3 Å². The summed E-state index contributed by atoms with van der Waals surface area (Å²) in [4.78, 5) is 10.8. The molecule has 1 aromatic carbocycles. The minimum absolute atomic E-state index is 0.0654. The van der Waals surface area contributed by atoms with Crippen molar-refractivity contribution in [3.63, 3.8) is 0 Å². The number of halogens is 1. The second-order valence-corrected chi connectivity index (χ2v) is 2.54. The monoisotopic (exact) mass is 186 g/mol. The number of carbonyl (C=O) groups is 1. The Labute approximate surface area is 74.7 Å². The molecule has 0 aromatic heterocycles. The number of carbonyl (C=O) groups excluding carboxylic acids is 1. The summed E-state index contributed by atoms with van der Waals surface area (Å²) in [7, 11) is 0. The van der Waals surface area contributed by atoms with Crippen LogP contribution in [0.2, 0.25) is 0 Å². The smallest absolute Gasteiger partial charge is 0.360 e. The van der Waals surface area contributed by atoms with Crippen molar-refractivity contribution in [1.29, 1.82) is 0 Å². The Balaban J connectivity index is 3.09. The maximum Gasteiger partial charge on any atom is 0.360 e. The zero-order chi connectivity index (χ0) is 9.14. The number of rotatable bonds is 1. The Bertz CT molecular complexity index is 309. The first-order valence-corrected chi connectivity index (χ1v) is 3.58. The van der Waals surface area contributed by atoms with Gasteiger partial charge >= 0.3 is 5.97 Å². The average Bonchev–Trinajstić information content (AvgIpc) is 2.03. The van der Waals surface area contributed by atoms with Gasteiger partial charge in [0.1, 0.15) is 23.2 Å². The van der Waals surface area contributed by atoms with E-state index in [0.717, 1.165) is 5.56 Å². The van der Waals surface area contributed by atoms with E-state index in [1.165, 1.54) is 12.1 Å². The highest BCUT2D eigenvalue weighted by Gasteiger charge is 2.11. The molecule has 0 saturated heterocycles. The van der Waals surface area contributed by atoms with Crippen LogP contribution >= 0.6 is 11.9 Å². The molecule has 0 saturated carbocycles. The molecular formula is C8H7ClO3. The van der Waals surface area contributed by atoms with E-state index in [4.69, 9.17) is 11.9 Å².